The first-order valence-electron chi connectivity index (χ1n) is 10.5. The molecule has 1 aliphatic rings. The van der Waals surface area contributed by atoms with Crippen LogP contribution in [0.15, 0.2) is 59.1 Å². The van der Waals surface area contributed by atoms with E-state index in [9.17, 15) is 23.3 Å². The van der Waals surface area contributed by atoms with Gasteiger partial charge in [0.25, 0.3) is 21.6 Å². The SMILES string of the molecule is O=C(NCc1ccc(S(=O)(=O)N2CCC(Nc3ncccn3)CC2)s1)c1cccc([N+](=O)[O-])c1. The summed E-state index contributed by atoms with van der Waals surface area (Å²) in [6, 6.07) is 10.4. The molecule has 13 heteroatoms. The van der Waals surface area contributed by atoms with Crippen molar-refractivity contribution in [3.63, 3.8) is 0 Å². The molecule has 0 aliphatic carbocycles. The highest BCUT2D eigenvalue weighted by Crippen LogP contribution is 2.27. The van der Waals surface area contributed by atoms with Crippen molar-refractivity contribution in [2.45, 2.75) is 29.6 Å². The number of aromatic nitrogens is 2. The normalized spacial score (nSPS) is 15.1. The smallest absolute Gasteiger partial charge is 0.270 e. The second-order valence-electron chi connectivity index (χ2n) is 7.61. The van der Waals surface area contributed by atoms with Crippen LogP contribution in [-0.4, -0.2) is 52.7 Å². The monoisotopic (exact) mass is 502 g/mol. The molecule has 0 bridgehead atoms. The number of thiophene rings is 1. The van der Waals surface area contributed by atoms with Gasteiger partial charge < -0.3 is 10.6 Å². The predicted molar refractivity (Wildman–Crippen MR) is 126 cm³/mol. The largest absolute Gasteiger partial charge is 0.351 e. The van der Waals surface area contributed by atoms with Gasteiger partial charge in [-0.25, -0.2) is 18.4 Å². The zero-order chi connectivity index (χ0) is 24.1. The Balaban J connectivity index is 1.33. The molecule has 2 aromatic heterocycles. The first-order valence-corrected chi connectivity index (χ1v) is 12.7. The van der Waals surface area contributed by atoms with E-state index in [4.69, 9.17) is 0 Å². The molecule has 34 heavy (non-hydrogen) atoms. The van der Waals surface area contributed by atoms with Gasteiger partial charge in [0.2, 0.25) is 5.95 Å². The quantitative estimate of drug-likeness (QED) is 0.353. The topological polar surface area (TPSA) is 147 Å². The summed E-state index contributed by atoms with van der Waals surface area (Å²) in [5.74, 6) is 0.0531. The molecule has 1 fully saturated rings. The third-order valence-electron chi connectivity index (χ3n) is 5.33. The summed E-state index contributed by atoms with van der Waals surface area (Å²) in [5, 5.41) is 16.8. The van der Waals surface area contributed by atoms with Crippen molar-refractivity contribution in [3.8, 4) is 0 Å². The lowest BCUT2D eigenvalue weighted by Crippen LogP contribution is -2.42. The van der Waals surface area contributed by atoms with Crippen LogP contribution in [0.2, 0.25) is 0 Å². The summed E-state index contributed by atoms with van der Waals surface area (Å²) in [4.78, 5) is 31.6. The summed E-state index contributed by atoms with van der Waals surface area (Å²) < 4.78 is 27.8. The van der Waals surface area contributed by atoms with Gasteiger partial charge in [-0.3, -0.25) is 14.9 Å². The summed E-state index contributed by atoms with van der Waals surface area (Å²) in [6.07, 6.45) is 4.56. The van der Waals surface area contributed by atoms with Crippen molar-refractivity contribution in [3.05, 3.63) is 75.4 Å². The number of carbonyl (C=O) groups excluding carboxylic acids is 1. The van der Waals surface area contributed by atoms with Crippen LogP contribution in [0.4, 0.5) is 11.6 Å². The fourth-order valence-corrected chi connectivity index (χ4v) is 6.47. The molecule has 178 valence electrons. The maximum Gasteiger partial charge on any atom is 0.270 e. The number of carbonyl (C=O) groups is 1. The molecular weight excluding hydrogens is 480 g/mol. The van der Waals surface area contributed by atoms with Gasteiger partial charge in [0.15, 0.2) is 0 Å². The van der Waals surface area contributed by atoms with E-state index in [1.165, 1.54) is 34.6 Å². The van der Waals surface area contributed by atoms with Crippen molar-refractivity contribution in [1.29, 1.82) is 0 Å². The predicted octanol–water partition coefficient (Wildman–Crippen LogP) is 2.64. The number of amides is 1. The van der Waals surface area contributed by atoms with Crippen LogP contribution in [0.5, 0.6) is 0 Å². The zero-order valence-corrected chi connectivity index (χ0v) is 19.6. The molecule has 3 heterocycles. The number of sulfonamides is 1. The van der Waals surface area contributed by atoms with Crippen molar-refractivity contribution >= 4 is 38.9 Å². The number of nitrogens with zero attached hydrogens (tertiary/aromatic N) is 4. The van der Waals surface area contributed by atoms with Crippen molar-refractivity contribution in [2.75, 3.05) is 18.4 Å². The van der Waals surface area contributed by atoms with Gasteiger partial charge >= 0.3 is 0 Å². The first kappa shape index (κ1) is 23.7. The molecule has 0 saturated carbocycles. The van der Waals surface area contributed by atoms with Crippen molar-refractivity contribution in [2.24, 2.45) is 0 Å². The Morgan fingerprint density at radius 1 is 1.15 bits per heavy atom. The van der Waals surface area contributed by atoms with Crippen molar-refractivity contribution < 1.29 is 18.1 Å². The van der Waals surface area contributed by atoms with E-state index in [0.29, 0.717) is 36.8 Å². The highest BCUT2D eigenvalue weighted by atomic mass is 32.2. The number of benzene rings is 1. The molecule has 1 saturated heterocycles. The van der Waals surface area contributed by atoms with Crippen LogP contribution >= 0.6 is 11.3 Å². The molecule has 0 unspecified atom stereocenters. The van der Waals surface area contributed by atoms with Crippen LogP contribution < -0.4 is 10.6 Å². The van der Waals surface area contributed by atoms with Crippen LogP contribution in [-0.2, 0) is 16.6 Å². The number of nitro benzene ring substituents is 1. The number of nitro groups is 1. The second kappa shape index (κ2) is 10.2. The molecule has 3 aromatic rings. The third-order valence-corrected chi connectivity index (χ3v) is 8.78. The van der Waals surface area contributed by atoms with Crippen LogP contribution in [0.3, 0.4) is 0 Å². The number of hydrogen-bond acceptors (Lipinski definition) is 9. The Morgan fingerprint density at radius 2 is 1.88 bits per heavy atom. The van der Waals surface area contributed by atoms with E-state index in [1.54, 1.807) is 24.5 Å². The van der Waals surface area contributed by atoms with Gasteiger partial charge in [-0.15, -0.1) is 11.3 Å². The summed E-state index contributed by atoms with van der Waals surface area (Å²) >= 11 is 1.09. The molecule has 0 atom stereocenters. The molecule has 2 N–H and O–H groups in total. The summed E-state index contributed by atoms with van der Waals surface area (Å²) in [5.41, 5.74) is -0.0107. The lowest BCUT2D eigenvalue weighted by molar-refractivity contribution is -0.384. The lowest BCUT2D eigenvalue weighted by atomic mass is 10.1. The fraction of sp³-hybridized carbons (Fsp3) is 0.286. The number of anilines is 1. The van der Waals surface area contributed by atoms with Crippen LogP contribution in [0, 0.1) is 10.1 Å². The van der Waals surface area contributed by atoms with E-state index in [-0.39, 0.29) is 28.0 Å². The number of non-ortho nitro benzene ring substituents is 1. The standard InChI is InChI=1S/C21H22N6O5S2/c28-20(15-3-1-4-17(13-15)27(29)30)24-14-18-5-6-19(33-18)34(31,32)26-11-7-16(8-12-26)25-21-22-9-2-10-23-21/h1-6,9-10,13,16H,7-8,11-12,14H2,(H,24,28)(H,22,23,25). The van der Waals surface area contributed by atoms with E-state index in [1.807, 2.05) is 0 Å². The molecule has 4 rings (SSSR count). The summed E-state index contributed by atoms with van der Waals surface area (Å²) in [7, 11) is -3.64. The minimum absolute atomic E-state index is 0.0942. The van der Waals surface area contributed by atoms with E-state index >= 15 is 0 Å². The van der Waals surface area contributed by atoms with Gasteiger partial charge in [-0.1, -0.05) is 6.07 Å². The Kier molecular flexibility index (Phi) is 7.14. The van der Waals surface area contributed by atoms with Crippen molar-refractivity contribution in [1.82, 2.24) is 19.6 Å². The Hall–Kier alpha value is -3.42. The molecule has 0 radical (unpaired) electrons. The highest BCUT2D eigenvalue weighted by Gasteiger charge is 2.30. The minimum Gasteiger partial charge on any atom is -0.351 e. The lowest BCUT2D eigenvalue weighted by Gasteiger charge is -2.31. The Labute approximate surface area is 200 Å². The Morgan fingerprint density at radius 3 is 2.59 bits per heavy atom. The van der Waals surface area contributed by atoms with Gasteiger partial charge in [0.05, 0.1) is 11.5 Å². The molecule has 0 spiro atoms. The number of nitrogens with one attached hydrogen (secondary N) is 2. The fourth-order valence-electron chi connectivity index (χ4n) is 3.55. The summed E-state index contributed by atoms with van der Waals surface area (Å²) in [6.45, 7) is 0.873. The Bertz CT molecular complexity index is 1270. The first-order chi connectivity index (χ1) is 16.3. The molecular formula is C21H22N6O5S2. The van der Waals surface area contributed by atoms with Gasteiger partial charge in [0.1, 0.15) is 4.21 Å². The number of hydrogen-bond donors (Lipinski definition) is 2. The van der Waals surface area contributed by atoms with Gasteiger partial charge in [-0.2, -0.15) is 4.31 Å². The molecule has 11 nitrogen and oxygen atoms in total. The van der Waals surface area contributed by atoms with Gasteiger partial charge in [-0.05, 0) is 37.1 Å². The van der Waals surface area contributed by atoms with E-state index < -0.39 is 20.9 Å². The average molecular weight is 503 g/mol. The maximum atomic E-state index is 13.1. The van der Waals surface area contributed by atoms with E-state index in [0.717, 1.165) is 11.3 Å². The molecule has 1 amide bonds. The highest BCUT2D eigenvalue weighted by molar-refractivity contribution is 7.91. The maximum absolute atomic E-state index is 13.1. The third kappa shape index (κ3) is 5.55. The molecule has 1 aromatic carbocycles. The van der Waals surface area contributed by atoms with E-state index in [2.05, 4.69) is 20.6 Å². The minimum atomic E-state index is -3.64. The number of rotatable bonds is 8. The number of piperidine rings is 1. The second-order valence-corrected chi connectivity index (χ2v) is 10.9. The van der Waals surface area contributed by atoms with Gasteiger partial charge in [0, 0.05) is 54.1 Å². The van der Waals surface area contributed by atoms with Crippen LogP contribution in [0.1, 0.15) is 28.1 Å². The zero-order valence-electron chi connectivity index (χ0n) is 18.0. The average Bonchev–Trinajstić information content (AvgIpc) is 3.34. The molecule has 1 aliphatic heterocycles. The van der Waals surface area contributed by atoms with Crippen LogP contribution in [0.25, 0.3) is 0 Å².